The van der Waals surface area contributed by atoms with Gasteiger partial charge in [-0.25, -0.2) is 4.98 Å². The van der Waals surface area contributed by atoms with Crippen LogP contribution in [-0.4, -0.2) is 23.6 Å². The van der Waals surface area contributed by atoms with Crippen molar-refractivity contribution >= 4 is 32.3 Å². The second-order valence-electron chi connectivity index (χ2n) is 3.37. The second kappa shape index (κ2) is 4.93. The zero-order valence-electron chi connectivity index (χ0n) is 9.14. The highest BCUT2D eigenvalue weighted by molar-refractivity contribution is 9.10. The summed E-state index contributed by atoms with van der Waals surface area (Å²) >= 11 is 5.17. The Morgan fingerprint density at radius 1 is 1.50 bits per heavy atom. The van der Waals surface area contributed by atoms with E-state index in [1.165, 1.54) is 0 Å². The SMILES string of the molecule is CCN(C)c1sc(-c2cccnc2)nc1Br. The summed E-state index contributed by atoms with van der Waals surface area (Å²) < 4.78 is 0.903. The molecule has 0 saturated carbocycles. The van der Waals surface area contributed by atoms with Gasteiger partial charge in [0.05, 0.1) is 0 Å². The summed E-state index contributed by atoms with van der Waals surface area (Å²) in [6.07, 6.45) is 3.60. The van der Waals surface area contributed by atoms with Crippen molar-refractivity contribution in [2.24, 2.45) is 0 Å². The molecule has 0 aliphatic heterocycles. The monoisotopic (exact) mass is 297 g/mol. The fourth-order valence-electron chi connectivity index (χ4n) is 1.29. The molecular weight excluding hydrogens is 286 g/mol. The molecular formula is C11H12BrN3S. The maximum absolute atomic E-state index is 4.50. The number of pyridine rings is 1. The van der Waals surface area contributed by atoms with Gasteiger partial charge in [-0.15, -0.1) is 0 Å². The lowest BCUT2D eigenvalue weighted by molar-refractivity contribution is 0.974. The summed E-state index contributed by atoms with van der Waals surface area (Å²) in [5, 5.41) is 2.15. The third-order valence-electron chi connectivity index (χ3n) is 2.30. The predicted molar refractivity (Wildman–Crippen MR) is 72.0 cm³/mol. The summed E-state index contributed by atoms with van der Waals surface area (Å²) in [6, 6.07) is 3.95. The zero-order chi connectivity index (χ0) is 11.5. The van der Waals surface area contributed by atoms with Crippen molar-refractivity contribution in [3.8, 4) is 10.6 Å². The molecule has 2 aromatic heterocycles. The topological polar surface area (TPSA) is 29.0 Å². The van der Waals surface area contributed by atoms with Crippen LogP contribution in [0.5, 0.6) is 0 Å². The summed E-state index contributed by atoms with van der Waals surface area (Å²) in [7, 11) is 2.06. The molecule has 0 unspecified atom stereocenters. The van der Waals surface area contributed by atoms with Crippen molar-refractivity contribution in [1.82, 2.24) is 9.97 Å². The van der Waals surface area contributed by atoms with E-state index in [2.05, 4.69) is 44.8 Å². The van der Waals surface area contributed by atoms with Crippen LogP contribution in [0, 0.1) is 0 Å². The highest BCUT2D eigenvalue weighted by Gasteiger charge is 2.12. The van der Waals surface area contributed by atoms with Gasteiger partial charge in [-0.05, 0) is 35.0 Å². The van der Waals surface area contributed by atoms with Crippen molar-refractivity contribution in [1.29, 1.82) is 0 Å². The summed E-state index contributed by atoms with van der Waals surface area (Å²) in [5.74, 6) is 0. The molecule has 3 nitrogen and oxygen atoms in total. The second-order valence-corrected chi connectivity index (χ2v) is 5.10. The van der Waals surface area contributed by atoms with Crippen LogP contribution in [0.3, 0.4) is 0 Å². The van der Waals surface area contributed by atoms with Crippen LogP contribution < -0.4 is 4.90 Å². The number of thiazole rings is 1. The number of rotatable bonds is 3. The van der Waals surface area contributed by atoms with Gasteiger partial charge < -0.3 is 4.90 Å². The van der Waals surface area contributed by atoms with E-state index < -0.39 is 0 Å². The lowest BCUT2D eigenvalue weighted by Crippen LogP contribution is -2.14. The molecule has 2 rings (SSSR count). The first-order valence-corrected chi connectivity index (χ1v) is 6.61. The fourth-order valence-corrected chi connectivity index (χ4v) is 3.10. The first-order valence-electron chi connectivity index (χ1n) is 5.00. The van der Waals surface area contributed by atoms with Gasteiger partial charge in [-0.3, -0.25) is 4.98 Å². The molecule has 0 aliphatic carbocycles. The Balaban J connectivity index is 2.38. The third kappa shape index (κ3) is 2.25. The van der Waals surface area contributed by atoms with Crippen LogP contribution in [0.25, 0.3) is 10.6 Å². The molecule has 0 fully saturated rings. The van der Waals surface area contributed by atoms with Crippen LogP contribution >= 0.6 is 27.3 Å². The molecule has 0 spiro atoms. The van der Waals surface area contributed by atoms with Crippen molar-refractivity contribution in [3.63, 3.8) is 0 Å². The third-order valence-corrected chi connectivity index (χ3v) is 4.33. The Bertz CT molecular complexity index is 469. The van der Waals surface area contributed by atoms with Crippen LogP contribution in [0.15, 0.2) is 29.1 Å². The van der Waals surface area contributed by atoms with Crippen molar-refractivity contribution in [2.45, 2.75) is 6.92 Å². The number of halogens is 1. The van der Waals surface area contributed by atoms with E-state index in [1.54, 1.807) is 17.5 Å². The van der Waals surface area contributed by atoms with Gasteiger partial charge in [0.1, 0.15) is 14.6 Å². The summed E-state index contributed by atoms with van der Waals surface area (Å²) in [4.78, 5) is 10.8. The molecule has 5 heteroatoms. The van der Waals surface area contributed by atoms with Gasteiger partial charge in [0, 0.05) is 31.5 Å². The molecule has 84 valence electrons. The van der Waals surface area contributed by atoms with Gasteiger partial charge in [-0.1, -0.05) is 11.3 Å². The largest absolute Gasteiger partial charge is 0.365 e. The van der Waals surface area contributed by atoms with E-state index in [0.29, 0.717) is 0 Å². The smallest absolute Gasteiger partial charge is 0.141 e. The highest BCUT2D eigenvalue weighted by Crippen LogP contribution is 2.36. The van der Waals surface area contributed by atoms with Gasteiger partial charge in [-0.2, -0.15) is 0 Å². The molecule has 0 bridgehead atoms. The highest BCUT2D eigenvalue weighted by atomic mass is 79.9. The average molecular weight is 298 g/mol. The molecule has 0 radical (unpaired) electrons. The van der Waals surface area contributed by atoms with E-state index in [-0.39, 0.29) is 0 Å². The molecule has 2 aromatic rings. The van der Waals surface area contributed by atoms with Gasteiger partial charge in [0.2, 0.25) is 0 Å². The minimum absolute atomic E-state index is 0.903. The van der Waals surface area contributed by atoms with E-state index in [9.17, 15) is 0 Å². The predicted octanol–water partition coefficient (Wildman–Crippen LogP) is 3.42. The summed E-state index contributed by atoms with van der Waals surface area (Å²) in [6.45, 7) is 3.09. The van der Waals surface area contributed by atoms with Crippen molar-refractivity contribution in [2.75, 3.05) is 18.5 Å². The summed E-state index contributed by atoms with van der Waals surface area (Å²) in [5.41, 5.74) is 1.06. The first kappa shape index (κ1) is 11.5. The normalized spacial score (nSPS) is 10.4. The maximum Gasteiger partial charge on any atom is 0.141 e. The molecule has 0 amide bonds. The number of anilines is 1. The van der Waals surface area contributed by atoms with Gasteiger partial charge in [0.15, 0.2) is 0 Å². The lowest BCUT2D eigenvalue weighted by Gasteiger charge is -2.13. The van der Waals surface area contributed by atoms with Gasteiger partial charge in [0.25, 0.3) is 0 Å². The molecule has 0 aromatic carbocycles. The van der Waals surface area contributed by atoms with Gasteiger partial charge >= 0.3 is 0 Å². The Kier molecular flexibility index (Phi) is 3.56. The van der Waals surface area contributed by atoms with Crippen LogP contribution in [0.1, 0.15) is 6.92 Å². The Morgan fingerprint density at radius 2 is 2.31 bits per heavy atom. The number of hydrogen-bond donors (Lipinski definition) is 0. The first-order chi connectivity index (χ1) is 7.72. The maximum atomic E-state index is 4.50. The van der Waals surface area contributed by atoms with E-state index in [4.69, 9.17) is 0 Å². The number of aromatic nitrogens is 2. The van der Waals surface area contributed by atoms with Crippen molar-refractivity contribution < 1.29 is 0 Å². The fraction of sp³-hybridized carbons (Fsp3) is 0.273. The Morgan fingerprint density at radius 3 is 2.94 bits per heavy atom. The molecule has 2 heterocycles. The minimum Gasteiger partial charge on any atom is -0.365 e. The Hall–Kier alpha value is -0.940. The standard InChI is InChI=1S/C11H12BrN3S/c1-3-15(2)11-9(12)14-10(16-11)8-5-4-6-13-7-8/h4-7H,3H2,1-2H3. The van der Waals surface area contributed by atoms with E-state index in [1.807, 2.05) is 18.3 Å². The van der Waals surface area contributed by atoms with Crippen LogP contribution in [0.2, 0.25) is 0 Å². The molecule has 0 N–H and O–H groups in total. The quantitative estimate of drug-likeness (QED) is 0.869. The lowest BCUT2D eigenvalue weighted by atomic mass is 10.3. The van der Waals surface area contributed by atoms with Crippen molar-refractivity contribution in [3.05, 3.63) is 29.1 Å². The molecule has 16 heavy (non-hydrogen) atoms. The molecule has 0 atom stereocenters. The number of hydrogen-bond acceptors (Lipinski definition) is 4. The molecule has 0 aliphatic rings. The Labute approximate surface area is 107 Å². The van der Waals surface area contributed by atoms with E-state index >= 15 is 0 Å². The average Bonchev–Trinajstić information content (AvgIpc) is 2.71. The van der Waals surface area contributed by atoms with Crippen LogP contribution in [0.4, 0.5) is 5.00 Å². The number of nitrogens with zero attached hydrogens (tertiary/aromatic N) is 3. The molecule has 0 saturated heterocycles. The zero-order valence-corrected chi connectivity index (χ0v) is 11.5. The van der Waals surface area contributed by atoms with E-state index in [0.717, 1.165) is 26.7 Å². The van der Waals surface area contributed by atoms with Crippen LogP contribution in [-0.2, 0) is 0 Å². The minimum atomic E-state index is 0.903.